The van der Waals surface area contributed by atoms with Crippen LogP contribution in [0.4, 0.5) is 11.8 Å². The quantitative estimate of drug-likeness (QED) is 0.883. The second-order valence-electron chi connectivity index (χ2n) is 4.87. The molecule has 1 unspecified atom stereocenters. The lowest BCUT2D eigenvalue weighted by atomic mass is 9.88. The summed E-state index contributed by atoms with van der Waals surface area (Å²) in [5.74, 6) is 1.55. The van der Waals surface area contributed by atoms with Crippen LogP contribution in [0.1, 0.15) is 17.5 Å². The van der Waals surface area contributed by atoms with Gasteiger partial charge in [-0.2, -0.15) is 4.98 Å². The van der Waals surface area contributed by atoms with Crippen LogP contribution in [0.5, 0.6) is 0 Å². The molecule has 1 aliphatic rings. The SMILES string of the molecule is CNc1nccc(NC2CCc3ccccc3C2)n1. The third-order valence-electron chi connectivity index (χ3n) is 3.58. The van der Waals surface area contributed by atoms with Gasteiger partial charge in [-0.15, -0.1) is 0 Å². The number of hydrogen-bond donors (Lipinski definition) is 2. The summed E-state index contributed by atoms with van der Waals surface area (Å²) in [6.07, 6.45) is 5.13. The van der Waals surface area contributed by atoms with E-state index in [2.05, 4.69) is 44.9 Å². The standard InChI is InChI=1S/C15H18N4/c1-16-15-17-9-8-14(19-15)18-13-7-6-11-4-2-3-5-12(11)10-13/h2-5,8-9,13H,6-7,10H2,1H3,(H2,16,17,18,19). The van der Waals surface area contributed by atoms with Crippen LogP contribution in [-0.2, 0) is 12.8 Å². The Bertz CT molecular complexity index is 568. The summed E-state index contributed by atoms with van der Waals surface area (Å²) in [5.41, 5.74) is 2.94. The van der Waals surface area contributed by atoms with Gasteiger partial charge in [0.15, 0.2) is 0 Å². The number of aromatic nitrogens is 2. The molecule has 0 saturated carbocycles. The Morgan fingerprint density at radius 1 is 1.16 bits per heavy atom. The molecule has 0 amide bonds. The van der Waals surface area contributed by atoms with Gasteiger partial charge in [0.25, 0.3) is 0 Å². The van der Waals surface area contributed by atoms with E-state index in [4.69, 9.17) is 0 Å². The molecule has 1 atom stereocenters. The Morgan fingerprint density at radius 2 is 2.00 bits per heavy atom. The second kappa shape index (κ2) is 5.26. The minimum absolute atomic E-state index is 0.453. The Kier molecular flexibility index (Phi) is 3.31. The molecule has 1 heterocycles. The maximum absolute atomic E-state index is 4.41. The molecule has 0 bridgehead atoms. The summed E-state index contributed by atoms with van der Waals surface area (Å²) in [7, 11) is 1.83. The Balaban J connectivity index is 1.71. The molecule has 3 rings (SSSR count). The zero-order valence-electron chi connectivity index (χ0n) is 11.1. The van der Waals surface area contributed by atoms with Crippen LogP contribution in [0.3, 0.4) is 0 Å². The third-order valence-corrected chi connectivity index (χ3v) is 3.58. The molecule has 1 aromatic carbocycles. The van der Waals surface area contributed by atoms with Crippen molar-refractivity contribution in [2.45, 2.75) is 25.3 Å². The van der Waals surface area contributed by atoms with Crippen molar-refractivity contribution in [3.05, 3.63) is 47.7 Å². The van der Waals surface area contributed by atoms with E-state index in [1.54, 1.807) is 6.20 Å². The Morgan fingerprint density at radius 3 is 2.84 bits per heavy atom. The largest absolute Gasteiger partial charge is 0.367 e. The Hall–Kier alpha value is -2.10. The van der Waals surface area contributed by atoms with Gasteiger partial charge in [0.2, 0.25) is 5.95 Å². The number of aryl methyl sites for hydroxylation is 1. The lowest BCUT2D eigenvalue weighted by Gasteiger charge is -2.25. The summed E-state index contributed by atoms with van der Waals surface area (Å²) in [6, 6.07) is 11.1. The van der Waals surface area contributed by atoms with Crippen LogP contribution in [0, 0.1) is 0 Å². The fourth-order valence-corrected chi connectivity index (χ4v) is 2.59. The minimum Gasteiger partial charge on any atom is -0.367 e. The highest BCUT2D eigenvalue weighted by Crippen LogP contribution is 2.23. The van der Waals surface area contributed by atoms with Crippen molar-refractivity contribution in [3.63, 3.8) is 0 Å². The third kappa shape index (κ3) is 2.67. The summed E-state index contributed by atoms with van der Waals surface area (Å²) < 4.78 is 0. The maximum atomic E-state index is 4.41. The van der Waals surface area contributed by atoms with Crippen LogP contribution in [0.15, 0.2) is 36.5 Å². The maximum Gasteiger partial charge on any atom is 0.224 e. The van der Waals surface area contributed by atoms with E-state index in [-0.39, 0.29) is 0 Å². The van der Waals surface area contributed by atoms with Gasteiger partial charge in [0, 0.05) is 19.3 Å². The van der Waals surface area contributed by atoms with Crippen LogP contribution >= 0.6 is 0 Å². The first kappa shape index (κ1) is 12.0. The molecule has 0 spiro atoms. The fraction of sp³-hybridized carbons (Fsp3) is 0.333. The van der Waals surface area contributed by atoms with Crippen molar-refractivity contribution in [1.29, 1.82) is 0 Å². The number of benzene rings is 1. The molecule has 1 aliphatic carbocycles. The molecule has 2 N–H and O–H groups in total. The number of rotatable bonds is 3. The first-order chi connectivity index (χ1) is 9.35. The highest BCUT2D eigenvalue weighted by atomic mass is 15.1. The van der Waals surface area contributed by atoms with Gasteiger partial charge in [-0.25, -0.2) is 4.98 Å². The molecule has 98 valence electrons. The zero-order chi connectivity index (χ0) is 13.1. The lowest BCUT2D eigenvalue weighted by molar-refractivity contribution is 0.608. The van der Waals surface area contributed by atoms with Crippen LogP contribution in [0.25, 0.3) is 0 Å². The van der Waals surface area contributed by atoms with Gasteiger partial charge in [-0.3, -0.25) is 0 Å². The zero-order valence-corrected chi connectivity index (χ0v) is 11.1. The topological polar surface area (TPSA) is 49.8 Å². The van der Waals surface area contributed by atoms with Crippen molar-refractivity contribution < 1.29 is 0 Å². The predicted octanol–water partition coefficient (Wildman–Crippen LogP) is 2.49. The monoisotopic (exact) mass is 254 g/mol. The van der Waals surface area contributed by atoms with Crippen molar-refractivity contribution in [3.8, 4) is 0 Å². The minimum atomic E-state index is 0.453. The number of anilines is 2. The second-order valence-corrected chi connectivity index (χ2v) is 4.87. The van der Waals surface area contributed by atoms with Gasteiger partial charge >= 0.3 is 0 Å². The van der Waals surface area contributed by atoms with E-state index in [0.29, 0.717) is 12.0 Å². The predicted molar refractivity (Wildman–Crippen MR) is 77.5 cm³/mol. The molecule has 0 saturated heterocycles. The van der Waals surface area contributed by atoms with E-state index in [9.17, 15) is 0 Å². The Labute approximate surface area is 113 Å². The summed E-state index contributed by atoms with van der Waals surface area (Å²) >= 11 is 0. The van der Waals surface area contributed by atoms with Crippen molar-refractivity contribution in [2.75, 3.05) is 17.7 Å². The van der Waals surface area contributed by atoms with Gasteiger partial charge in [-0.05, 0) is 36.5 Å². The van der Waals surface area contributed by atoms with E-state index < -0.39 is 0 Å². The van der Waals surface area contributed by atoms with Crippen molar-refractivity contribution in [1.82, 2.24) is 9.97 Å². The molecule has 1 aromatic heterocycles. The lowest BCUT2D eigenvalue weighted by Crippen LogP contribution is -2.27. The van der Waals surface area contributed by atoms with Crippen molar-refractivity contribution in [2.24, 2.45) is 0 Å². The van der Waals surface area contributed by atoms with Gasteiger partial charge in [0.1, 0.15) is 5.82 Å². The first-order valence-corrected chi connectivity index (χ1v) is 6.69. The summed E-state index contributed by atoms with van der Waals surface area (Å²) in [5, 5.41) is 6.46. The molecular formula is C15H18N4. The molecule has 0 aliphatic heterocycles. The first-order valence-electron chi connectivity index (χ1n) is 6.69. The van der Waals surface area contributed by atoms with E-state index in [1.165, 1.54) is 11.1 Å². The average Bonchev–Trinajstić information content (AvgIpc) is 2.47. The average molecular weight is 254 g/mol. The molecule has 19 heavy (non-hydrogen) atoms. The number of fused-ring (bicyclic) bond motifs is 1. The van der Waals surface area contributed by atoms with E-state index in [0.717, 1.165) is 25.1 Å². The van der Waals surface area contributed by atoms with Gasteiger partial charge < -0.3 is 10.6 Å². The van der Waals surface area contributed by atoms with E-state index in [1.807, 2.05) is 13.1 Å². The van der Waals surface area contributed by atoms with Crippen LogP contribution in [-0.4, -0.2) is 23.1 Å². The molecule has 4 nitrogen and oxygen atoms in total. The van der Waals surface area contributed by atoms with Crippen LogP contribution in [0.2, 0.25) is 0 Å². The molecule has 0 radical (unpaired) electrons. The van der Waals surface area contributed by atoms with E-state index >= 15 is 0 Å². The molecular weight excluding hydrogens is 236 g/mol. The molecule has 2 aromatic rings. The fourth-order valence-electron chi connectivity index (χ4n) is 2.59. The van der Waals surface area contributed by atoms with Gasteiger partial charge in [-0.1, -0.05) is 24.3 Å². The smallest absolute Gasteiger partial charge is 0.224 e. The molecule has 0 fully saturated rings. The number of hydrogen-bond acceptors (Lipinski definition) is 4. The highest BCUT2D eigenvalue weighted by Gasteiger charge is 2.18. The summed E-state index contributed by atoms with van der Waals surface area (Å²) in [6.45, 7) is 0. The number of nitrogens with zero attached hydrogens (tertiary/aromatic N) is 2. The molecule has 4 heteroatoms. The normalized spacial score (nSPS) is 17.6. The highest BCUT2D eigenvalue weighted by molar-refractivity contribution is 5.41. The van der Waals surface area contributed by atoms with Gasteiger partial charge in [0.05, 0.1) is 0 Å². The summed E-state index contributed by atoms with van der Waals surface area (Å²) in [4.78, 5) is 8.53. The van der Waals surface area contributed by atoms with Crippen molar-refractivity contribution >= 4 is 11.8 Å². The number of nitrogens with one attached hydrogen (secondary N) is 2. The van der Waals surface area contributed by atoms with Crippen LogP contribution < -0.4 is 10.6 Å².